The van der Waals surface area contributed by atoms with Crippen LogP contribution in [0.1, 0.15) is 252 Å². The number of carbonyl (C=O) groups excluding carboxylic acids is 2. The van der Waals surface area contributed by atoms with Crippen molar-refractivity contribution in [1.82, 2.24) is 0 Å². The molecule has 0 saturated heterocycles. The molecule has 0 aliphatic rings. The van der Waals surface area contributed by atoms with E-state index in [1.807, 2.05) is 0 Å². The van der Waals surface area contributed by atoms with Gasteiger partial charge in [-0.3, -0.25) is 9.59 Å². The highest BCUT2D eigenvalue weighted by Gasteiger charge is 2.17. The fraction of sp³-hybridized carbons (Fsp3) is 0.782. The molecule has 0 rings (SSSR count). The lowest BCUT2D eigenvalue weighted by molar-refractivity contribution is -0.163. The van der Waals surface area contributed by atoms with Crippen LogP contribution in [0.3, 0.4) is 0 Å². The van der Waals surface area contributed by atoms with E-state index in [0.717, 1.165) is 83.5 Å². The Kier molecular flexibility index (Phi) is 48.9. The monoisotopic (exact) mass is 839 g/mol. The van der Waals surface area contributed by atoms with E-state index in [1.54, 1.807) is 0 Å². The minimum atomic E-state index is -0.555. The smallest absolute Gasteiger partial charge is 0.306 e. The lowest BCUT2D eigenvalue weighted by atomic mass is 10.0. The second kappa shape index (κ2) is 51.0. The Morgan fingerprint density at radius 3 is 1.30 bits per heavy atom. The standard InChI is InChI=1S/C55H98O5/c1-4-7-10-13-16-19-22-24-26-27-28-30-32-35-38-41-44-47-50-58-51-53(60-55(57)49-46-43-40-37-33-21-18-15-12-9-6-3)52-59-54(56)48-45-42-39-36-34-31-29-25-23-20-17-14-11-8-5-2/h8,11,15,17-18,20,25,29,34,36,53H,4-7,9-10,12-14,16,19,21-24,26-28,30-33,35,37-52H2,1-3H3/b11-8-,18-15-,20-17-,29-25-,36-34-. The number of rotatable bonds is 47. The molecular weight excluding hydrogens is 741 g/mol. The third kappa shape index (κ3) is 48.3. The molecule has 1 unspecified atom stereocenters. The third-order valence-electron chi connectivity index (χ3n) is 11.0. The Bertz CT molecular complexity index is 1040. The van der Waals surface area contributed by atoms with Gasteiger partial charge in [0.05, 0.1) is 6.61 Å². The number of esters is 2. The first-order chi connectivity index (χ1) is 29.6. The first-order valence-electron chi connectivity index (χ1n) is 25.8. The van der Waals surface area contributed by atoms with Crippen molar-refractivity contribution in [1.29, 1.82) is 0 Å². The molecule has 0 fully saturated rings. The second-order valence-corrected chi connectivity index (χ2v) is 17.0. The molecule has 5 nitrogen and oxygen atoms in total. The first-order valence-corrected chi connectivity index (χ1v) is 25.8. The highest BCUT2D eigenvalue weighted by Crippen LogP contribution is 2.15. The van der Waals surface area contributed by atoms with Gasteiger partial charge >= 0.3 is 11.9 Å². The predicted octanol–water partition coefficient (Wildman–Crippen LogP) is 17.3. The van der Waals surface area contributed by atoms with E-state index in [-0.39, 0.29) is 25.2 Å². The van der Waals surface area contributed by atoms with Crippen LogP contribution in [-0.4, -0.2) is 37.9 Å². The number of ether oxygens (including phenoxy) is 3. The van der Waals surface area contributed by atoms with E-state index in [9.17, 15) is 9.59 Å². The van der Waals surface area contributed by atoms with Crippen molar-refractivity contribution in [2.75, 3.05) is 19.8 Å². The van der Waals surface area contributed by atoms with Gasteiger partial charge in [0.15, 0.2) is 6.10 Å². The summed E-state index contributed by atoms with van der Waals surface area (Å²) in [5.74, 6) is -0.450. The van der Waals surface area contributed by atoms with Crippen LogP contribution < -0.4 is 0 Å². The summed E-state index contributed by atoms with van der Waals surface area (Å²) in [6.45, 7) is 7.65. The number of carbonyl (C=O) groups is 2. The van der Waals surface area contributed by atoms with Gasteiger partial charge in [0.1, 0.15) is 6.61 Å². The van der Waals surface area contributed by atoms with E-state index >= 15 is 0 Å². The van der Waals surface area contributed by atoms with E-state index < -0.39 is 6.10 Å². The van der Waals surface area contributed by atoms with Gasteiger partial charge in [-0.15, -0.1) is 0 Å². The van der Waals surface area contributed by atoms with Crippen molar-refractivity contribution in [3.8, 4) is 0 Å². The molecule has 0 bridgehead atoms. The minimum absolute atomic E-state index is 0.0618. The second-order valence-electron chi connectivity index (χ2n) is 17.0. The van der Waals surface area contributed by atoms with Crippen molar-refractivity contribution >= 4 is 11.9 Å². The van der Waals surface area contributed by atoms with Crippen LogP contribution >= 0.6 is 0 Å². The fourth-order valence-electron chi connectivity index (χ4n) is 7.19. The summed E-state index contributed by atoms with van der Waals surface area (Å²) in [7, 11) is 0. The highest BCUT2D eigenvalue weighted by atomic mass is 16.6. The van der Waals surface area contributed by atoms with E-state index in [1.165, 1.54) is 135 Å². The van der Waals surface area contributed by atoms with Gasteiger partial charge in [-0.1, -0.05) is 223 Å². The molecule has 0 aromatic carbocycles. The normalized spacial score (nSPS) is 12.7. The highest BCUT2D eigenvalue weighted by molar-refractivity contribution is 5.70. The maximum atomic E-state index is 12.8. The van der Waals surface area contributed by atoms with Gasteiger partial charge in [0.25, 0.3) is 0 Å². The van der Waals surface area contributed by atoms with Gasteiger partial charge in [0.2, 0.25) is 0 Å². The molecule has 60 heavy (non-hydrogen) atoms. The van der Waals surface area contributed by atoms with Crippen LogP contribution in [0.5, 0.6) is 0 Å². The van der Waals surface area contributed by atoms with E-state index in [4.69, 9.17) is 14.2 Å². The van der Waals surface area contributed by atoms with Gasteiger partial charge in [0, 0.05) is 19.4 Å². The summed E-state index contributed by atoms with van der Waals surface area (Å²) < 4.78 is 17.4. The summed E-state index contributed by atoms with van der Waals surface area (Å²) in [5.41, 5.74) is 0. The van der Waals surface area contributed by atoms with Crippen LogP contribution in [-0.2, 0) is 23.8 Å². The molecule has 0 aromatic heterocycles. The molecule has 0 radical (unpaired) electrons. The molecule has 5 heteroatoms. The SMILES string of the molecule is CC/C=C\C/C=C\C/C=C\C/C=C\CCCCC(=O)OCC(COCCCCCCCCCCCCCCCCCCCC)OC(=O)CCCCCCC/C=C\CCCC. The van der Waals surface area contributed by atoms with Crippen LogP contribution in [0.2, 0.25) is 0 Å². The van der Waals surface area contributed by atoms with Gasteiger partial charge < -0.3 is 14.2 Å². The van der Waals surface area contributed by atoms with Crippen LogP contribution in [0.25, 0.3) is 0 Å². The average molecular weight is 839 g/mol. The molecule has 1 atom stereocenters. The molecule has 0 aliphatic carbocycles. The van der Waals surface area contributed by atoms with E-state index in [2.05, 4.69) is 81.5 Å². The lowest BCUT2D eigenvalue weighted by Crippen LogP contribution is -2.30. The van der Waals surface area contributed by atoms with Gasteiger partial charge in [-0.2, -0.15) is 0 Å². The van der Waals surface area contributed by atoms with Crippen molar-refractivity contribution in [2.45, 2.75) is 258 Å². The Morgan fingerprint density at radius 1 is 0.383 bits per heavy atom. The Labute approximate surface area is 373 Å². The maximum Gasteiger partial charge on any atom is 0.306 e. The van der Waals surface area contributed by atoms with Crippen molar-refractivity contribution in [2.24, 2.45) is 0 Å². The summed E-state index contributed by atoms with van der Waals surface area (Å²) in [4.78, 5) is 25.3. The maximum absolute atomic E-state index is 12.8. The van der Waals surface area contributed by atoms with Gasteiger partial charge in [-0.05, 0) is 77.0 Å². The third-order valence-corrected chi connectivity index (χ3v) is 11.0. The largest absolute Gasteiger partial charge is 0.462 e. The van der Waals surface area contributed by atoms with Crippen LogP contribution in [0.15, 0.2) is 60.8 Å². The number of hydrogen-bond acceptors (Lipinski definition) is 5. The van der Waals surface area contributed by atoms with Crippen LogP contribution in [0.4, 0.5) is 0 Å². The molecule has 0 aromatic rings. The minimum Gasteiger partial charge on any atom is -0.462 e. The predicted molar refractivity (Wildman–Crippen MR) is 261 cm³/mol. The molecule has 0 saturated carbocycles. The lowest BCUT2D eigenvalue weighted by Gasteiger charge is -2.18. The fourth-order valence-corrected chi connectivity index (χ4v) is 7.19. The van der Waals surface area contributed by atoms with Gasteiger partial charge in [-0.25, -0.2) is 0 Å². The summed E-state index contributed by atoms with van der Waals surface area (Å²) in [6, 6.07) is 0. The van der Waals surface area contributed by atoms with Crippen molar-refractivity contribution in [3.63, 3.8) is 0 Å². The van der Waals surface area contributed by atoms with Crippen molar-refractivity contribution in [3.05, 3.63) is 60.8 Å². The number of unbranched alkanes of at least 4 members (excludes halogenated alkanes) is 26. The Hall–Kier alpha value is -2.40. The Morgan fingerprint density at radius 2 is 0.767 bits per heavy atom. The summed E-state index contributed by atoms with van der Waals surface area (Å²) >= 11 is 0. The quantitative estimate of drug-likeness (QED) is 0.0347. The molecule has 0 spiro atoms. The zero-order chi connectivity index (χ0) is 43.5. The first kappa shape index (κ1) is 57.6. The molecular formula is C55H98O5. The summed E-state index contributed by atoms with van der Waals surface area (Å²) in [5, 5.41) is 0. The van der Waals surface area contributed by atoms with Crippen LogP contribution in [0, 0.1) is 0 Å². The molecule has 0 aliphatic heterocycles. The zero-order valence-electron chi connectivity index (χ0n) is 40.0. The number of allylic oxidation sites excluding steroid dienone is 10. The molecule has 348 valence electrons. The Balaban J connectivity index is 4.26. The average Bonchev–Trinajstić information content (AvgIpc) is 3.25. The topological polar surface area (TPSA) is 61.8 Å². The molecule has 0 heterocycles. The molecule has 0 N–H and O–H groups in total. The molecule has 0 amide bonds. The number of hydrogen-bond donors (Lipinski definition) is 0. The zero-order valence-corrected chi connectivity index (χ0v) is 40.0. The van der Waals surface area contributed by atoms with Crippen molar-refractivity contribution < 1.29 is 23.8 Å². The van der Waals surface area contributed by atoms with E-state index in [0.29, 0.717) is 19.4 Å². The summed E-state index contributed by atoms with van der Waals surface area (Å²) in [6.07, 6.45) is 63.8.